The van der Waals surface area contributed by atoms with Crippen LogP contribution in [-0.4, -0.2) is 9.97 Å². The van der Waals surface area contributed by atoms with Crippen molar-refractivity contribution < 1.29 is 0 Å². The number of pyridine rings is 1. The molecule has 0 amide bonds. The van der Waals surface area contributed by atoms with E-state index in [4.69, 9.17) is 0 Å². The van der Waals surface area contributed by atoms with Crippen LogP contribution in [0.2, 0.25) is 0 Å². The van der Waals surface area contributed by atoms with E-state index >= 15 is 0 Å². The number of hydrogen-bond acceptors (Lipinski definition) is 1. The maximum absolute atomic E-state index is 10.9. The van der Waals surface area contributed by atoms with Gasteiger partial charge in [-0.25, -0.2) is 0 Å². The zero-order valence-corrected chi connectivity index (χ0v) is 6.85. The summed E-state index contributed by atoms with van der Waals surface area (Å²) in [4.78, 5) is 16.8. The quantitative estimate of drug-likeness (QED) is 0.654. The molecular weight excluding hydrogens is 152 g/mol. The lowest BCUT2D eigenvalue weighted by atomic mass is 10.3. The molecule has 0 bridgehead atoms. The average Bonchev–Trinajstić information content (AvgIpc) is 2.46. The van der Waals surface area contributed by atoms with Gasteiger partial charge in [-0.15, -0.1) is 0 Å². The van der Waals surface area contributed by atoms with E-state index in [0.717, 1.165) is 23.1 Å². The first-order valence-electron chi connectivity index (χ1n) is 4.00. The Balaban J connectivity index is 2.75. The van der Waals surface area contributed by atoms with Crippen molar-refractivity contribution in [3.63, 3.8) is 0 Å². The van der Waals surface area contributed by atoms with E-state index < -0.39 is 0 Å². The minimum absolute atomic E-state index is 0.0630. The summed E-state index contributed by atoms with van der Waals surface area (Å²) >= 11 is 0. The Morgan fingerprint density at radius 1 is 1.33 bits per heavy atom. The third kappa shape index (κ3) is 1.03. The summed E-state index contributed by atoms with van der Waals surface area (Å²) in [5, 5.41) is 1.06. The number of fused-ring (bicyclic) bond motifs is 1. The van der Waals surface area contributed by atoms with E-state index in [2.05, 4.69) is 16.9 Å². The molecule has 2 N–H and O–H groups in total. The predicted octanol–water partition coefficient (Wildman–Crippen LogP) is 1.42. The van der Waals surface area contributed by atoms with E-state index in [9.17, 15) is 4.79 Å². The number of aryl methyl sites for hydroxylation is 1. The molecule has 0 saturated heterocycles. The van der Waals surface area contributed by atoms with Gasteiger partial charge in [0.1, 0.15) is 5.65 Å². The van der Waals surface area contributed by atoms with Gasteiger partial charge in [0.15, 0.2) is 0 Å². The molecule has 0 aliphatic heterocycles. The van der Waals surface area contributed by atoms with Crippen LogP contribution in [0.5, 0.6) is 0 Å². The van der Waals surface area contributed by atoms with Gasteiger partial charge in [0, 0.05) is 17.1 Å². The highest BCUT2D eigenvalue weighted by atomic mass is 16.1. The van der Waals surface area contributed by atoms with Gasteiger partial charge >= 0.3 is 0 Å². The van der Waals surface area contributed by atoms with E-state index in [-0.39, 0.29) is 5.56 Å². The van der Waals surface area contributed by atoms with Crippen LogP contribution < -0.4 is 5.56 Å². The molecule has 0 aliphatic carbocycles. The molecule has 0 spiro atoms. The molecule has 12 heavy (non-hydrogen) atoms. The minimum Gasteiger partial charge on any atom is -0.345 e. The first-order valence-corrected chi connectivity index (χ1v) is 4.00. The van der Waals surface area contributed by atoms with Gasteiger partial charge in [-0.05, 0) is 18.6 Å². The van der Waals surface area contributed by atoms with Gasteiger partial charge in [0.2, 0.25) is 5.56 Å². The van der Waals surface area contributed by atoms with Crippen LogP contribution in [0.1, 0.15) is 12.6 Å². The second kappa shape index (κ2) is 2.52. The van der Waals surface area contributed by atoms with Gasteiger partial charge in [-0.3, -0.25) is 4.79 Å². The Morgan fingerprint density at radius 2 is 2.17 bits per heavy atom. The second-order valence-corrected chi connectivity index (χ2v) is 2.80. The van der Waals surface area contributed by atoms with Crippen molar-refractivity contribution in [1.29, 1.82) is 0 Å². The fourth-order valence-corrected chi connectivity index (χ4v) is 1.28. The summed E-state index contributed by atoms with van der Waals surface area (Å²) in [6.45, 7) is 2.07. The lowest BCUT2D eigenvalue weighted by Gasteiger charge is -1.86. The zero-order valence-electron chi connectivity index (χ0n) is 6.85. The van der Waals surface area contributed by atoms with E-state index in [1.54, 1.807) is 0 Å². The predicted molar refractivity (Wildman–Crippen MR) is 48.3 cm³/mol. The molecule has 3 heteroatoms. The van der Waals surface area contributed by atoms with Crippen LogP contribution in [0, 0.1) is 0 Å². The highest BCUT2D eigenvalue weighted by Gasteiger charge is 1.97. The number of nitrogens with one attached hydrogen (secondary N) is 2. The van der Waals surface area contributed by atoms with Crippen LogP contribution in [0.4, 0.5) is 0 Å². The number of hydrogen-bond donors (Lipinski definition) is 2. The van der Waals surface area contributed by atoms with Crippen molar-refractivity contribution in [3.8, 4) is 0 Å². The molecule has 0 radical (unpaired) electrons. The molecular formula is C9H10N2O. The Kier molecular flexibility index (Phi) is 1.50. The molecule has 0 saturated carbocycles. The Bertz CT molecular complexity index is 453. The van der Waals surface area contributed by atoms with Gasteiger partial charge in [0.05, 0.1) is 0 Å². The van der Waals surface area contributed by atoms with Crippen molar-refractivity contribution in [2.45, 2.75) is 13.3 Å². The van der Waals surface area contributed by atoms with Crippen LogP contribution in [0.15, 0.2) is 23.0 Å². The number of aromatic amines is 2. The first-order chi connectivity index (χ1) is 5.79. The number of H-pyrrole nitrogens is 2. The summed E-state index contributed by atoms with van der Waals surface area (Å²) in [7, 11) is 0. The Hall–Kier alpha value is -1.51. The monoisotopic (exact) mass is 162 g/mol. The summed E-state index contributed by atoms with van der Waals surface area (Å²) < 4.78 is 0. The van der Waals surface area contributed by atoms with Crippen molar-refractivity contribution in [3.05, 3.63) is 34.2 Å². The largest absolute Gasteiger partial charge is 0.345 e. The molecule has 0 aromatic carbocycles. The molecule has 3 nitrogen and oxygen atoms in total. The minimum atomic E-state index is -0.0630. The fraction of sp³-hybridized carbons (Fsp3) is 0.222. The molecule has 2 rings (SSSR count). The third-order valence-corrected chi connectivity index (χ3v) is 1.95. The Morgan fingerprint density at radius 3 is 2.92 bits per heavy atom. The van der Waals surface area contributed by atoms with Crippen LogP contribution in [0.3, 0.4) is 0 Å². The molecule has 0 aliphatic rings. The van der Waals surface area contributed by atoms with Crippen LogP contribution in [-0.2, 0) is 6.42 Å². The molecule has 2 aromatic heterocycles. The summed E-state index contributed by atoms with van der Waals surface area (Å²) in [5.41, 5.74) is 1.90. The molecule has 2 aromatic rings. The maximum Gasteiger partial charge on any atom is 0.249 e. The summed E-state index contributed by atoms with van der Waals surface area (Å²) in [5.74, 6) is 0. The Labute approximate surface area is 69.4 Å². The SMILES string of the molecule is CCc1cc2ccc(=O)[nH]c2[nH]1. The van der Waals surface area contributed by atoms with Gasteiger partial charge in [-0.2, -0.15) is 0 Å². The summed E-state index contributed by atoms with van der Waals surface area (Å²) in [6, 6.07) is 5.41. The van der Waals surface area contributed by atoms with E-state index in [1.165, 1.54) is 6.07 Å². The van der Waals surface area contributed by atoms with Crippen molar-refractivity contribution >= 4 is 11.0 Å². The van der Waals surface area contributed by atoms with Crippen molar-refractivity contribution in [1.82, 2.24) is 9.97 Å². The summed E-state index contributed by atoms with van der Waals surface area (Å²) in [6.07, 6.45) is 0.955. The highest BCUT2D eigenvalue weighted by molar-refractivity contribution is 5.76. The molecule has 0 unspecified atom stereocenters. The second-order valence-electron chi connectivity index (χ2n) is 2.80. The lowest BCUT2D eigenvalue weighted by Crippen LogP contribution is -2.01. The van der Waals surface area contributed by atoms with E-state index in [0.29, 0.717) is 0 Å². The molecule has 2 heterocycles. The standard InChI is InChI=1S/C9H10N2O/c1-2-7-5-6-3-4-8(12)11-9(6)10-7/h3-5H,2H2,1H3,(H2,10,11,12). The highest BCUT2D eigenvalue weighted by Crippen LogP contribution is 2.10. The smallest absolute Gasteiger partial charge is 0.249 e. The molecule has 0 fully saturated rings. The van der Waals surface area contributed by atoms with Crippen molar-refractivity contribution in [2.75, 3.05) is 0 Å². The molecule has 62 valence electrons. The van der Waals surface area contributed by atoms with Gasteiger partial charge in [-0.1, -0.05) is 6.92 Å². The van der Waals surface area contributed by atoms with Gasteiger partial charge < -0.3 is 9.97 Å². The lowest BCUT2D eigenvalue weighted by molar-refractivity contribution is 1.06. The van der Waals surface area contributed by atoms with E-state index in [1.807, 2.05) is 12.1 Å². The first kappa shape index (κ1) is 7.16. The van der Waals surface area contributed by atoms with Crippen molar-refractivity contribution in [2.24, 2.45) is 0 Å². The number of rotatable bonds is 1. The maximum atomic E-state index is 10.9. The third-order valence-electron chi connectivity index (χ3n) is 1.95. The molecule has 0 atom stereocenters. The van der Waals surface area contributed by atoms with Crippen LogP contribution in [0.25, 0.3) is 11.0 Å². The normalized spacial score (nSPS) is 10.8. The average molecular weight is 162 g/mol. The van der Waals surface area contributed by atoms with Crippen LogP contribution >= 0.6 is 0 Å². The van der Waals surface area contributed by atoms with Gasteiger partial charge in [0.25, 0.3) is 0 Å². The zero-order chi connectivity index (χ0) is 8.55. The topological polar surface area (TPSA) is 48.6 Å². The number of aromatic nitrogens is 2. The fourth-order valence-electron chi connectivity index (χ4n) is 1.28.